The number of likely N-dealkylation sites (N-methyl/N-ethyl adjacent to an activating group) is 2. The van der Waals surface area contributed by atoms with Crippen LogP contribution in [0.25, 0.3) is 0 Å². The van der Waals surface area contributed by atoms with Crippen LogP contribution in [-0.4, -0.2) is 132 Å². The van der Waals surface area contributed by atoms with Gasteiger partial charge < -0.3 is 38.7 Å². The Kier molecular flexibility index (Phi) is 17.7. The number of azo groups is 1. The van der Waals surface area contributed by atoms with Crippen LogP contribution in [0.5, 0.6) is 0 Å². The molecule has 15 heteroatoms. The molecule has 0 bridgehead atoms. The summed E-state index contributed by atoms with van der Waals surface area (Å²) in [4.78, 5) is 26.2. The van der Waals surface area contributed by atoms with Gasteiger partial charge in [-0.1, -0.05) is 0 Å². The number of rotatable bonds is 24. The number of carboxylic acids is 2. The van der Waals surface area contributed by atoms with Crippen LogP contribution >= 0.6 is 11.3 Å². The molecule has 2 aromatic rings. The molecule has 0 amide bonds. The van der Waals surface area contributed by atoms with E-state index in [0.717, 1.165) is 22.6 Å². The second-order valence-electron chi connectivity index (χ2n) is 11.9. The Balaban J connectivity index is 1.96. The van der Waals surface area contributed by atoms with Crippen LogP contribution in [-0.2, 0) is 23.8 Å². The Morgan fingerprint density at radius 3 is 2.08 bits per heavy atom. The summed E-state index contributed by atoms with van der Waals surface area (Å²) in [5.74, 6) is -1.63. The fraction of sp³-hybridized carbons (Fsp3) is 0.576. The first-order chi connectivity index (χ1) is 22.9. The molecule has 1 aromatic carbocycles. The maximum atomic E-state index is 10.8. The van der Waals surface area contributed by atoms with E-state index < -0.39 is 11.9 Å². The summed E-state index contributed by atoms with van der Waals surface area (Å²) < 4.78 is 18.0. The Labute approximate surface area is 286 Å². The van der Waals surface area contributed by atoms with Crippen LogP contribution in [0.4, 0.5) is 16.4 Å². The molecule has 0 atom stereocenters. The summed E-state index contributed by atoms with van der Waals surface area (Å²) in [6, 6.07) is 10.0. The van der Waals surface area contributed by atoms with Crippen molar-refractivity contribution in [3.05, 3.63) is 39.8 Å². The molecule has 262 valence electrons. The first-order valence-corrected chi connectivity index (χ1v) is 16.6. The SMILES string of the molecule is Cc1cc(N(CCOCCOCC[N+](C)(C)CCC(=O)O)CCOCCN(C)CCC(=O)O)ccc1N=Nc1sc(C#N)c(C)c1C#N. The molecule has 2 N–H and O–H groups in total. The standard InChI is InChI=1S/C33H47N7O7S/c1-25-22-27(6-7-29(25)36-37-33-28(23-34)26(2)30(24-35)48-33)39(12-17-45-16-11-38(3)10-8-31(41)42)13-18-46-20-21-47-19-15-40(4,5)14-9-32(43)44/h6-7,22H,8-21H2,1-5H3,(H-,41,42,43,44)/p+1. The highest BCUT2D eigenvalue weighted by molar-refractivity contribution is 7.16. The van der Waals surface area contributed by atoms with Crippen LogP contribution in [0.15, 0.2) is 28.4 Å². The van der Waals surface area contributed by atoms with E-state index in [2.05, 4.69) is 27.3 Å². The summed E-state index contributed by atoms with van der Waals surface area (Å²) in [5.41, 5.74) is 3.45. The van der Waals surface area contributed by atoms with Gasteiger partial charge in [0.15, 0.2) is 5.00 Å². The molecular formula is C33H48N7O7S+. The average Bonchev–Trinajstić information content (AvgIpc) is 3.36. The van der Waals surface area contributed by atoms with Gasteiger partial charge in [-0.15, -0.1) is 21.6 Å². The van der Waals surface area contributed by atoms with Gasteiger partial charge in [-0.2, -0.15) is 10.5 Å². The lowest BCUT2D eigenvalue weighted by atomic mass is 10.1. The van der Waals surface area contributed by atoms with Gasteiger partial charge in [0.1, 0.15) is 23.6 Å². The number of benzene rings is 1. The highest BCUT2D eigenvalue weighted by atomic mass is 32.1. The summed E-state index contributed by atoms with van der Waals surface area (Å²) in [5, 5.41) is 45.7. The number of nitriles is 2. The van der Waals surface area contributed by atoms with Gasteiger partial charge in [0.2, 0.25) is 0 Å². The fourth-order valence-electron chi connectivity index (χ4n) is 4.44. The topological polar surface area (TPSA) is 181 Å². The van der Waals surface area contributed by atoms with Gasteiger partial charge in [0.05, 0.1) is 84.4 Å². The molecule has 14 nitrogen and oxygen atoms in total. The predicted octanol–water partition coefficient (Wildman–Crippen LogP) is 4.34. The third-order valence-electron chi connectivity index (χ3n) is 7.62. The lowest BCUT2D eigenvalue weighted by Crippen LogP contribution is -2.43. The van der Waals surface area contributed by atoms with Gasteiger partial charge in [0, 0.05) is 31.9 Å². The number of quaternary nitrogens is 1. The van der Waals surface area contributed by atoms with Crippen molar-refractivity contribution in [1.82, 2.24) is 4.90 Å². The van der Waals surface area contributed by atoms with Crippen molar-refractivity contribution in [2.45, 2.75) is 26.7 Å². The number of aliphatic carboxylic acids is 2. The first kappa shape index (κ1) is 40.2. The minimum atomic E-state index is -0.826. The normalized spacial score (nSPS) is 11.6. The number of ether oxygens (including phenoxy) is 3. The zero-order valence-corrected chi connectivity index (χ0v) is 29.4. The number of carboxylic acid groups (broad SMARTS) is 2. The zero-order chi connectivity index (χ0) is 35.5. The van der Waals surface area contributed by atoms with E-state index in [9.17, 15) is 20.1 Å². The first-order valence-electron chi connectivity index (χ1n) is 15.7. The minimum absolute atomic E-state index is 0.0849. The molecule has 2 rings (SSSR count). The van der Waals surface area contributed by atoms with E-state index in [4.69, 9.17) is 24.4 Å². The third-order valence-corrected chi connectivity index (χ3v) is 8.70. The Bertz CT molecular complexity index is 1450. The monoisotopic (exact) mass is 686 g/mol. The second kappa shape index (κ2) is 21.1. The zero-order valence-electron chi connectivity index (χ0n) is 28.6. The highest BCUT2D eigenvalue weighted by Crippen LogP contribution is 2.36. The molecule has 0 unspecified atom stereocenters. The molecule has 0 aliphatic rings. The van der Waals surface area contributed by atoms with Crippen molar-refractivity contribution >= 4 is 39.7 Å². The molecule has 0 aliphatic heterocycles. The number of hydrogen-bond acceptors (Lipinski definition) is 12. The Hall–Kier alpha value is -3.96. The minimum Gasteiger partial charge on any atom is -0.481 e. The van der Waals surface area contributed by atoms with Crippen LogP contribution in [0.3, 0.4) is 0 Å². The van der Waals surface area contributed by atoms with Crippen molar-refractivity contribution in [2.24, 2.45) is 10.2 Å². The number of aryl methyl sites for hydroxylation is 1. The molecule has 0 saturated heterocycles. The summed E-state index contributed by atoms with van der Waals surface area (Å²) in [6.07, 6.45) is 0.206. The number of carbonyl (C=O) groups is 2. The molecule has 0 radical (unpaired) electrons. The molecule has 0 fully saturated rings. The van der Waals surface area contributed by atoms with Crippen LogP contribution < -0.4 is 4.90 Å². The molecule has 1 aromatic heterocycles. The second-order valence-corrected chi connectivity index (χ2v) is 12.9. The van der Waals surface area contributed by atoms with Gasteiger partial charge >= 0.3 is 11.9 Å². The van der Waals surface area contributed by atoms with E-state index in [1.54, 1.807) is 6.92 Å². The molecule has 0 spiro atoms. The van der Waals surface area contributed by atoms with E-state index >= 15 is 0 Å². The summed E-state index contributed by atoms with van der Waals surface area (Å²) in [6.45, 7) is 9.94. The third kappa shape index (κ3) is 14.9. The van der Waals surface area contributed by atoms with Crippen molar-refractivity contribution < 1.29 is 38.5 Å². The Morgan fingerprint density at radius 2 is 1.48 bits per heavy atom. The number of hydrogen-bond donors (Lipinski definition) is 2. The van der Waals surface area contributed by atoms with Crippen molar-refractivity contribution in [3.8, 4) is 12.1 Å². The maximum Gasteiger partial charge on any atom is 0.309 e. The smallest absolute Gasteiger partial charge is 0.309 e. The van der Waals surface area contributed by atoms with Gasteiger partial charge in [-0.25, -0.2) is 0 Å². The molecular weight excluding hydrogens is 638 g/mol. The summed E-state index contributed by atoms with van der Waals surface area (Å²) >= 11 is 1.15. The fourth-order valence-corrected chi connectivity index (χ4v) is 5.32. The maximum absolute atomic E-state index is 10.8. The number of nitrogens with zero attached hydrogens (tertiary/aromatic N) is 7. The van der Waals surface area contributed by atoms with Crippen molar-refractivity contribution in [3.63, 3.8) is 0 Å². The molecule has 0 saturated carbocycles. The molecule has 1 heterocycles. The summed E-state index contributed by atoms with van der Waals surface area (Å²) in [7, 11) is 5.83. The number of thiophene rings is 1. The average molecular weight is 687 g/mol. The molecule has 48 heavy (non-hydrogen) atoms. The van der Waals surface area contributed by atoms with Gasteiger partial charge in [-0.3, -0.25) is 9.59 Å². The molecule has 0 aliphatic carbocycles. The quantitative estimate of drug-likeness (QED) is 0.0911. The van der Waals surface area contributed by atoms with E-state index in [1.807, 2.05) is 51.2 Å². The van der Waals surface area contributed by atoms with Gasteiger partial charge in [0.25, 0.3) is 0 Å². The predicted molar refractivity (Wildman–Crippen MR) is 182 cm³/mol. The number of anilines is 1. The highest BCUT2D eigenvalue weighted by Gasteiger charge is 2.17. The van der Waals surface area contributed by atoms with E-state index in [1.165, 1.54) is 0 Å². The van der Waals surface area contributed by atoms with E-state index in [0.29, 0.717) is 110 Å². The van der Waals surface area contributed by atoms with Crippen LogP contribution in [0.2, 0.25) is 0 Å². The lowest BCUT2D eigenvalue weighted by molar-refractivity contribution is -0.890. The van der Waals surface area contributed by atoms with E-state index in [-0.39, 0.29) is 12.8 Å². The largest absolute Gasteiger partial charge is 0.481 e. The van der Waals surface area contributed by atoms with Crippen LogP contribution in [0.1, 0.15) is 34.4 Å². The van der Waals surface area contributed by atoms with Gasteiger partial charge in [-0.05, 0) is 50.2 Å². The van der Waals surface area contributed by atoms with Crippen LogP contribution in [0, 0.1) is 36.5 Å². The van der Waals surface area contributed by atoms with Crippen molar-refractivity contribution in [2.75, 3.05) is 105 Å². The lowest BCUT2D eigenvalue weighted by Gasteiger charge is -2.29. The Morgan fingerprint density at radius 1 is 0.854 bits per heavy atom. The van der Waals surface area contributed by atoms with Crippen molar-refractivity contribution in [1.29, 1.82) is 10.5 Å².